The Morgan fingerprint density at radius 3 is 1.42 bits per heavy atom. The molecule has 1 aliphatic carbocycles. The summed E-state index contributed by atoms with van der Waals surface area (Å²) in [6, 6.07) is 54.9. The van der Waals surface area contributed by atoms with Crippen molar-refractivity contribution in [3.63, 3.8) is 0 Å². The monoisotopic (exact) mass is 641 g/mol. The normalized spacial score (nSPS) is 12.4. The van der Waals surface area contributed by atoms with Crippen LogP contribution in [0.4, 0.5) is 0 Å². The SMILES string of the molecule is C=C(c1cc(-c2cccc(C3=CCCC=C3)c2)cc(-c2cccc(-c3ccccc3)c2)c1)c1nc(-c2ccccc2)nc(-c2ccccc2)n1. The van der Waals surface area contributed by atoms with Crippen LogP contribution in [0.15, 0.2) is 183 Å². The molecule has 0 amide bonds. The van der Waals surface area contributed by atoms with Crippen molar-refractivity contribution in [1.29, 1.82) is 0 Å². The fourth-order valence-corrected chi connectivity index (χ4v) is 6.42. The van der Waals surface area contributed by atoms with Gasteiger partial charge in [-0.1, -0.05) is 152 Å². The fourth-order valence-electron chi connectivity index (χ4n) is 6.42. The molecule has 0 bridgehead atoms. The van der Waals surface area contributed by atoms with E-state index in [9.17, 15) is 0 Å². The lowest BCUT2D eigenvalue weighted by Crippen LogP contribution is -2.03. The highest BCUT2D eigenvalue weighted by molar-refractivity contribution is 5.86. The van der Waals surface area contributed by atoms with Crippen LogP contribution in [0.3, 0.4) is 0 Å². The number of allylic oxidation sites excluding steroid dienone is 4. The zero-order valence-electron chi connectivity index (χ0n) is 27.7. The standard InChI is InChI=1S/C47H35N3/c1-33(45-48-46(36-20-10-4-11-21-36)50-47(49-45)37-22-12-5-13-23-37)42-30-43(40-26-14-24-38(28-40)34-16-6-2-7-17-34)32-44(31-42)41-27-15-25-39(29-41)35-18-8-3-9-19-35/h2,4-8,10-32H,1,3,9H2. The summed E-state index contributed by atoms with van der Waals surface area (Å²) in [5.74, 6) is 1.78. The van der Waals surface area contributed by atoms with E-state index in [0.717, 1.165) is 57.4 Å². The van der Waals surface area contributed by atoms with Gasteiger partial charge in [-0.15, -0.1) is 0 Å². The van der Waals surface area contributed by atoms with Crippen LogP contribution in [0.2, 0.25) is 0 Å². The predicted octanol–water partition coefficient (Wildman–Crippen LogP) is 12.0. The molecule has 7 aromatic rings. The molecule has 0 spiro atoms. The first kappa shape index (κ1) is 30.9. The number of hydrogen-bond donors (Lipinski definition) is 0. The molecular formula is C47H35N3. The molecule has 0 radical (unpaired) electrons. The van der Waals surface area contributed by atoms with E-state index in [2.05, 4.69) is 122 Å². The lowest BCUT2D eigenvalue weighted by Gasteiger charge is -2.15. The maximum atomic E-state index is 5.00. The molecule has 3 heteroatoms. The second-order valence-electron chi connectivity index (χ2n) is 12.5. The van der Waals surface area contributed by atoms with Crippen molar-refractivity contribution in [3.8, 4) is 56.2 Å². The van der Waals surface area contributed by atoms with Crippen molar-refractivity contribution >= 4 is 11.1 Å². The Kier molecular flexibility index (Phi) is 8.61. The Morgan fingerprint density at radius 2 is 0.880 bits per heavy atom. The third-order valence-electron chi connectivity index (χ3n) is 9.08. The van der Waals surface area contributed by atoms with E-state index in [1.807, 2.05) is 60.7 Å². The zero-order valence-corrected chi connectivity index (χ0v) is 27.7. The van der Waals surface area contributed by atoms with Gasteiger partial charge in [0.1, 0.15) is 0 Å². The van der Waals surface area contributed by atoms with Gasteiger partial charge in [-0.2, -0.15) is 0 Å². The maximum Gasteiger partial charge on any atom is 0.164 e. The molecule has 0 fully saturated rings. The molecular weight excluding hydrogens is 607 g/mol. The number of rotatable bonds is 8. The van der Waals surface area contributed by atoms with Crippen molar-refractivity contribution in [3.05, 3.63) is 199 Å². The van der Waals surface area contributed by atoms with Crippen LogP contribution in [-0.2, 0) is 0 Å². The van der Waals surface area contributed by atoms with Gasteiger partial charge < -0.3 is 0 Å². The summed E-state index contributed by atoms with van der Waals surface area (Å²) in [6.45, 7) is 4.62. The van der Waals surface area contributed by atoms with Gasteiger partial charge in [-0.05, 0) is 93.3 Å². The van der Waals surface area contributed by atoms with E-state index in [-0.39, 0.29) is 0 Å². The van der Waals surface area contributed by atoms with E-state index in [0.29, 0.717) is 17.5 Å². The van der Waals surface area contributed by atoms with Crippen molar-refractivity contribution in [2.24, 2.45) is 0 Å². The van der Waals surface area contributed by atoms with Crippen molar-refractivity contribution < 1.29 is 0 Å². The minimum Gasteiger partial charge on any atom is -0.208 e. The molecule has 50 heavy (non-hydrogen) atoms. The molecule has 8 rings (SSSR count). The van der Waals surface area contributed by atoms with Crippen molar-refractivity contribution in [2.75, 3.05) is 0 Å². The van der Waals surface area contributed by atoms with E-state index in [1.165, 1.54) is 22.3 Å². The number of hydrogen-bond acceptors (Lipinski definition) is 3. The highest BCUT2D eigenvalue weighted by atomic mass is 15.0. The Balaban J connectivity index is 1.28. The average molecular weight is 642 g/mol. The molecule has 0 unspecified atom stereocenters. The summed E-state index contributed by atoms with van der Waals surface area (Å²) in [5, 5.41) is 0. The minimum atomic E-state index is 0.546. The molecule has 0 saturated carbocycles. The summed E-state index contributed by atoms with van der Waals surface area (Å²) in [4.78, 5) is 14.9. The maximum absolute atomic E-state index is 5.00. The molecule has 1 aliphatic rings. The van der Waals surface area contributed by atoms with Gasteiger partial charge in [0.15, 0.2) is 17.5 Å². The Bertz CT molecular complexity index is 2310. The quantitative estimate of drug-likeness (QED) is 0.166. The first-order chi connectivity index (χ1) is 24.7. The van der Waals surface area contributed by atoms with Crippen molar-refractivity contribution in [2.45, 2.75) is 12.8 Å². The van der Waals surface area contributed by atoms with E-state index in [1.54, 1.807) is 0 Å². The minimum absolute atomic E-state index is 0.546. The van der Waals surface area contributed by atoms with Crippen LogP contribution >= 0.6 is 0 Å². The topological polar surface area (TPSA) is 38.7 Å². The van der Waals surface area contributed by atoms with Crippen LogP contribution in [0.25, 0.3) is 67.3 Å². The highest BCUT2D eigenvalue weighted by Crippen LogP contribution is 2.36. The molecule has 0 aliphatic heterocycles. The molecule has 0 atom stereocenters. The number of benzene rings is 6. The van der Waals surface area contributed by atoms with Gasteiger partial charge in [-0.3, -0.25) is 0 Å². The number of aromatic nitrogens is 3. The largest absolute Gasteiger partial charge is 0.208 e. The van der Waals surface area contributed by atoms with Crippen LogP contribution in [0.5, 0.6) is 0 Å². The average Bonchev–Trinajstić information content (AvgIpc) is 3.21. The summed E-state index contributed by atoms with van der Waals surface area (Å²) >= 11 is 0. The molecule has 3 nitrogen and oxygen atoms in total. The molecule has 0 N–H and O–H groups in total. The first-order valence-corrected chi connectivity index (χ1v) is 17.0. The van der Waals surface area contributed by atoms with E-state index in [4.69, 9.17) is 15.0 Å². The van der Waals surface area contributed by atoms with Crippen LogP contribution in [-0.4, -0.2) is 15.0 Å². The van der Waals surface area contributed by atoms with Gasteiger partial charge in [0, 0.05) is 16.7 Å². The highest BCUT2D eigenvalue weighted by Gasteiger charge is 2.16. The third-order valence-corrected chi connectivity index (χ3v) is 9.08. The molecule has 1 aromatic heterocycles. The second-order valence-corrected chi connectivity index (χ2v) is 12.5. The predicted molar refractivity (Wildman–Crippen MR) is 208 cm³/mol. The summed E-state index contributed by atoms with van der Waals surface area (Å²) in [6.07, 6.45) is 8.97. The Labute approximate surface area is 293 Å². The van der Waals surface area contributed by atoms with Crippen LogP contribution < -0.4 is 0 Å². The second kappa shape index (κ2) is 14.0. The molecule has 1 heterocycles. The lowest BCUT2D eigenvalue weighted by molar-refractivity contribution is 1.04. The lowest BCUT2D eigenvalue weighted by atomic mass is 9.90. The summed E-state index contributed by atoms with van der Waals surface area (Å²) < 4.78 is 0. The van der Waals surface area contributed by atoms with E-state index < -0.39 is 0 Å². The molecule has 6 aromatic carbocycles. The van der Waals surface area contributed by atoms with Gasteiger partial charge in [0.2, 0.25) is 0 Å². The summed E-state index contributed by atoms with van der Waals surface area (Å²) in [5.41, 5.74) is 12.8. The van der Waals surface area contributed by atoms with Gasteiger partial charge in [0.05, 0.1) is 0 Å². The van der Waals surface area contributed by atoms with Crippen molar-refractivity contribution in [1.82, 2.24) is 15.0 Å². The van der Waals surface area contributed by atoms with Gasteiger partial charge in [-0.25, -0.2) is 15.0 Å². The summed E-state index contributed by atoms with van der Waals surface area (Å²) in [7, 11) is 0. The zero-order chi connectivity index (χ0) is 33.7. The van der Waals surface area contributed by atoms with Gasteiger partial charge >= 0.3 is 0 Å². The molecule has 0 saturated heterocycles. The van der Waals surface area contributed by atoms with Crippen LogP contribution in [0, 0.1) is 0 Å². The van der Waals surface area contributed by atoms with Crippen LogP contribution in [0.1, 0.15) is 29.8 Å². The Hall–Kier alpha value is -6.45. The third kappa shape index (κ3) is 6.63. The van der Waals surface area contributed by atoms with E-state index >= 15 is 0 Å². The number of nitrogens with zero attached hydrogens (tertiary/aromatic N) is 3. The molecule has 238 valence electrons. The smallest absolute Gasteiger partial charge is 0.164 e. The van der Waals surface area contributed by atoms with Gasteiger partial charge in [0.25, 0.3) is 0 Å². The fraction of sp³-hybridized carbons (Fsp3) is 0.0426. The first-order valence-electron chi connectivity index (χ1n) is 17.0. The Morgan fingerprint density at radius 1 is 0.420 bits per heavy atom.